The molecular weight excluding hydrogens is 183 g/mol. The predicted molar refractivity (Wildman–Crippen MR) is 49.2 cm³/mol. The van der Waals surface area contributed by atoms with Crippen molar-refractivity contribution >= 4 is 5.91 Å². The molecule has 0 atom stereocenters. The standard InChI is InChI=1S/C10H9FN2O/c11-9-8(4-3-5-12-9)10(14)13-6-1-2-7-13/h1-5H,6-7H2. The highest BCUT2D eigenvalue weighted by molar-refractivity contribution is 5.94. The highest BCUT2D eigenvalue weighted by Gasteiger charge is 2.19. The molecule has 1 aromatic rings. The Hall–Kier alpha value is -1.71. The molecule has 0 saturated heterocycles. The Morgan fingerprint density at radius 1 is 1.43 bits per heavy atom. The Balaban J connectivity index is 2.23. The van der Waals surface area contributed by atoms with E-state index in [1.165, 1.54) is 12.3 Å². The van der Waals surface area contributed by atoms with Crippen LogP contribution >= 0.6 is 0 Å². The van der Waals surface area contributed by atoms with E-state index in [1.807, 2.05) is 12.2 Å². The number of carbonyl (C=O) groups is 1. The molecule has 0 radical (unpaired) electrons. The summed E-state index contributed by atoms with van der Waals surface area (Å²) in [5.74, 6) is -1.01. The van der Waals surface area contributed by atoms with Gasteiger partial charge in [-0.1, -0.05) is 12.2 Å². The maximum Gasteiger partial charge on any atom is 0.259 e. The number of halogens is 1. The zero-order chi connectivity index (χ0) is 9.97. The van der Waals surface area contributed by atoms with Gasteiger partial charge in [0.05, 0.1) is 5.56 Å². The second kappa shape index (κ2) is 3.57. The molecule has 1 aliphatic heterocycles. The Morgan fingerprint density at radius 3 is 2.79 bits per heavy atom. The lowest BCUT2D eigenvalue weighted by Gasteiger charge is -2.14. The Labute approximate surface area is 80.9 Å². The van der Waals surface area contributed by atoms with Crippen LogP contribution < -0.4 is 0 Å². The fourth-order valence-corrected chi connectivity index (χ4v) is 1.36. The molecule has 0 spiro atoms. The molecule has 0 unspecified atom stereocenters. The molecule has 0 N–H and O–H groups in total. The summed E-state index contributed by atoms with van der Waals surface area (Å²) in [6, 6.07) is 3.00. The minimum Gasteiger partial charge on any atom is -0.331 e. The molecular formula is C10H9FN2O. The van der Waals surface area contributed by atoms with Crippen molar-refractivity contribution in [1.82, 2.24) is 9.88 Å². The summed E-state index contributed by atoms with van der Waals surface area (Å²) in [5, 5.41) is 0. The number of rotatable bonds is 1. The Bertz CT molecular complexity index is 381. The summed E-state index contributed by atoms with van der Waals surface area (Å²) < 4.78 is 13.1. The lowest BCUT2D eigenvalue weighted by atomic mass is 10.2. The van der Waals surface area contributed by atoms with Gasteiger partial charge in [0.2, 0.25) is 5.95 Å². The first-order chi connectivity index (χ1) is 6.79. The van der Waals surface area contributed by atoms with E-state index in [2.05, 4.69) is 4.98 Å². The van der Waals surface area contributed by atoms with Crippen molar-refractivity contribution in [3.05, 3.63) is 42.0 Å². The van der Waals surface area contributed by atoms with Crippen LogP contribution in [0.15, 0.2) is 30.5 Å². The number of hydrogen-bond acceptors (Lipinski definition) is 2. The van der Waals surface area contributed by atoms with Crippen molar-refractivity contribution in [2.75, 3.05) is 13.1 Å². The van der Waals surface area contributed by atoms with E-state index in [-0.39, 0.29) is 11.5 Å². The average molecular weight is 192 g/mol. The first-order valence-corrected chi connectivity index (χ1v) is 4.34. The monoisotopic (exact) mass is 192 g/mol. The van der Waals surface area contributed by atoms with Crippen LogP contribution in [0.4, 0.5) is 4.39 Å². The highest BCUT2D eigenvalue weighted by atomic mass is 19.1. The molecule has 0 bridgehead atoms. The second-order valence-corrected chi connectivity index (χ2v) is 3.02. The van der Waals surface area contributed by atoms with Crippen molar-refractivity contribution in [2.45, 2.75) is 0 Å². The number of hydrogen-bond donors (Lipinski definition) is 0. The van der Waals surface area contributed by atoms with Crippen molar-refractivity contribution in [2.24, 2.45) is 0 Å². The van der Waals surface area contributed by atoms with Gasteiger partial charge in [0.25, 0.3) is 5.91 Å². The molecule has 1 aliphatic rings. The van der Waals surface area contributed by atoms with Crippen molar-refractivity contribution in [3.8, 4) is 0 Å². The van der Waals surface area contributed by atoms with E-state index in [4.69, 9.17) is 0 Å². The fourth-order valence-electron chi connectivity index (χ4n) is 1.36. The summed E-state index contributed by atoms with van der Waals surface area (Å²) >= 11 is 0. The van der Waals surface area contributed by atoms with Gasteiger partial charge >= 0.3 is 0 Å². The average Bonchev–Trinajstić information content (AvgIpc) is 2.70. The molecule has 2 heterocycles. The number of amides is 1. The van der Waals surface area contributed by atoms with E-state index >= 15 is 0 Å². The summed E-state index contributed by atoms with van der Waals surface area (Å²) in [4.78, 5) is 16.7. The molecule has 1 amide bonds. The minimum atomic E-state index is -0.704. The number of nitrogens with zero attached hydrogens (tertiary/aromatic N) is 2. The van der Waals surface area contributed by atoms with E-state index in [1.54, 1.807) is 11.0 Å². The third-order valence-electron chi connectivity index (χ3n) is 2.09. The topological polar surface area (TPSA) is 33.2 Å². The molecule has 4 heteroatoms. The van der Waals surface area contributed by atoms with E-state index in [0.29, 0.717) is 13.1 Å². The van der Waals surface area contributed by atoms with Crippen LogP contribution in [0.25, 0.3) is 0 Å². The molecule has 0 aliphatic carbocycles. The van der Waals surface area contributed by atoms with E-state index in [9.17, 15) is 9.18 Å². The van der Waals surface area contributed by atoms with Gasteiger partial charge in [0.15, 0.2) is 0 Å². The molecule has 14 heavy (non-hydrogen) atoms. The summed E-state index contributed by atoms with van der Waals surface area (Å²) in [6.45, 7) is 1.10. The molecule has 1 aromatic heterocycles. The first-order valence-electron chi connectivity index (χ1n) is 4.34. The normalized spacial score (nSPS) is 14.8. The van der Waals surface area contributed by atoms with Crippen LogP contribution in [0.5, 0.6) is 0 Å². The van der Waals surface area contributed by atoms with Gasteiger partial charge in [-0.2, -0.15) is 4.39 Å². The summed E-state index contributed by atoms with van der Waals surface area (Å²) in [5.41, 5.74) is 0.0381. The zero-order valence-corrected chi connectivity index (χ0v) is 7.48. The summed E-state index contributed by atoms with van der Waals surface area (Å²) in [6.07, 6.45) is 5.09. The zero-order valence-electron chi connectivity index (χ0n) is 7.48. The largest absolute Gasteiger partial charge is 0.331 e. The van der Waals surface area contributed by atoms with Crippen LogP contribution in [0.2, 0.25) is 0 Å². The number of pyridine rings is 1. The van der Waals surface area contributed by atoms with Crippen molar-refractivity contribution in [3.63, 3.8) is 0 Å². The maximum atomic E-state index is 13.1. The van der Waals surface area contributed by atoms with Crippen LogP contribution in [-0.4, -0.2) is 28.9 Å². The fraction of sp³-hybridized carbons (Fsp3) is 0.200. The SMILES string of the molecule is O=C(c1cccnc1F)N1CC=CC1. The van der Waals surface area contributed by atoms with E-state index in [0.717, 1.165) is 0 Å². The van der Waals surface area contributed by atoms with Gasteiger partial charge in [-0.05, 0) is 12.1 Å². The quantitative estimate of drug-likeness (QED) is 0.495. The minimum absolute atomic E-state index is 0.0381. The van der Waals surface area contributed by atoms with Gasteiger partial charge in [-0.15, -0.1) is 0 Å². The van der Waals surface area contributed by atoms with Gasteiger partial charge in [-0.25, -0.2) is 4.98 Å². The van der Waals surface area contributed by atoms with Gasteiger partial charge < -0.3 is 4.90 Å². The van der Waals surface area contributed by atoms with Crippen LogP contribution in [-0.2, 0) is 0 Å². The summed E-state index contributed by atoms with van der Waals surface area (Å²) in [7, 11) is 0. The third-order valence-corrected chi connectivity index (χ3v) is 2.09. The molecule has 0 saturated carbocycles. The lowest BCUT2D eigenvalue weighted by Crippen LogP contribution is -2.29. The van der Waals surface area contributed by atoms with Crippen LogP contribution in [0.3, 0.4) is 0 Å². The number of carbonyl (C=O) groups excluding carboxylic acids is 1. The maximum absolute atomic E-state index is 13.1. The second-order valence-electron chi connectivity index (χ2n) is 3.02. The molecule has 0 aromatic carbocycles. The Kier molecular flexibility index (Phi) is 2.26. The van der Waals surface area contributed by atoms with Crippen LogP contribution in [0.1, 0.15) is 10.4 Å². The van der Waals surface area contributed by atoms with Crippen molar-refractivity contribution in [1.29, 1.82) is 0 Å². The lowest BCUT2D eigenvalue weighted by molar-refractivity contribution is 0.0794. The van der Waals surface area contributed by atoms with Crippen LogP contribution in [0, 0.1) is 5.95 Å². The Morgan fingerprint density at radius 2 is 2.14 bits per heavy atom. The molecule has 2 rings (SSSR count). The molecule has 0 fully saturated rings. The first kappa shape index (κ1) is 8.87. The van der Waals surface area contributed by atoms with Gasteiger partial charge in [-0.3, -0.25) is 4.79 Å². The smallest absolute Gasteiger partial charge is 0.259 e. The number of aromatic nitrogens is 1. The molecule has 72 valence electrons. The third kappa shape index (κ3) is 1.51. The molecule has 3 nitrogen and oxygen atoms in total. The van der Waals surface area contributed by atoms with E-state index < -0.39 is 5.95 Å². The van der Waals surface area contributed by atoms with Gasteiger partial charge in [0.1, 0.15) is 0 Å². The highest BCUT2D eigenvalue weighted by Crippen LogP contribution is 2.10. The van der Waals surface area contributed by atoms with Gasteiger partial charge in [0, 0.05) is 19.3 Å². The van der Waals surface area contributed by atoms with Crippen molar-refractivity contribution < 1.29 is 9.18 Å². The predicted octanol–water partition coefficient (Wildman–Crippen LogP) is 1.23.